The molecule has 130 valence electrons. The van der Waals surface area contributed by atoms with Crippen LogP contribution in [0.2, 0.25) is 0 Å². The molecule has 0 radical (unpaired) electrons. The van der Waals surface area contributed by atoms with Crippen LogP contribution in [-0.2, 0) is 4.79 Å². The van der Waals surface area contributed by atoms with Crippen LogP contribution in [0.1, 0.15) is 29.3 Å². The largest absolute Gasteiger partial charge is 0.296 e. The molecule has 1 aliphatic rings. The van der Waals surface area contributed by atoms with Crippen LogP contribution in [0.5, 0.6) is 0 Å². The summed E-state index contributed by atoms with van der Waals surface area (Å²) in [5.41, 5.74) is 3.91. The molecule has 3 aromatic rings. The van der Waals surface area contributed by atoms with Crippen LogP contribution in [0.4, 0.5) is 5.95 Å². The van der Waals surface area contributed by atoms with Gasteiger partial charge in [0.25, 0.3) is 0 Å². The van der Waals surface area contributed by atoms with Crippen molar-refractivity contribution in [2.24, 2.45) is 4.99 Å². The van der Waals surface area contributed by atoms with Crippen molar-refractivity contribution in [2.45, 2.75) is 26.3 Å². The van der Waals surface area contributed by atoms with Crippen molar-refractivity contribution >= 4 is 28.7 Å². The average molecular weight is 345 g/mol. The Morgan fingerprint density at radius 3 is 2.69 bits per heavy atom. The molecule has 0 aliphatic carbocycles. The zero-order chi connectivity index (χ0) is 18.1. The van der Waals surface area contributed by atoms with E-state index in [9.17, 15) is 4.79 Å². The van der Waals surface area contributed by atoms with Crippen LogP contribution in [0.15, 0.2) is 53.5 Å². The quantitative estimate of drug-likeness (QED) is 0.747. The Kier molecular flexibility index (Phi) is 4.08. The first-order valence-electron chi connectivity index (χ1n) is 8.53. The molecule has 4 rings (SSSR count). The summed E-state index contributed by atoms with van der Waals surface area (Å²) >= 11 is 0. The van der Waals surface area contributed by atoms with Crippen LogP contribution in [0.3, 0.4) is 0 Å². The van der Waals surface area contributed by atoms with Crippen LogP contribution < -0.4 is 10.6 Å². The first kappa shape index (κ1) is 16.2. The van der Waals surface area contributed by atoms with Gasteiger partial charge in [0, 0.05) is 5.39 Å². The molecular weight excluding hydrogens is 326 g/mol. The number of hydrogen-bond donors (Lipinski definition) is 2. The molecule has 2 N–H and O–H groups in total. The zero-order valence-corrected chi connectivity index (χ0v) is 14.7. The summed E-state index contributed by atoms with van der Waals surface area (Å²) in [4.78, 5) is 25.8. The molecule has 6 heteroatoms. The maximum absolute atomic E-state index is 12.1. The van der Waals surface area contributed by atoms with E-state index in [-0.39, 0.29) is 11.9 Å². The number of carbonyl (C=O) groups is 1. The number of rotatable bonds is 2. The number of guanidine groups is 1. The monoisotopic (exact) mass is 345 g/mol. The molecule has 6 nitrogen and oxygen atoms in total. The van der Waals surface area contributed by atoms with E-state index >= 15 is 0 Å². The molecule has 0 bridgehead atoms. The SMILES string of the molecule is Cc1ccc2nc(NC3=N[C@H](c4ccccc4)CC(=O)N3)nc(C)c2c1. The molecule has 0 unspecified atom stereocenters. The number of benzene rings is 2. The smallest absolute Gasteiger partial charge is 0.230 e. The first-order valence-corrected chi connectivity index (χ1v) is 8.53. The number of carbonyl (C=O) groups excluding carboxylic acids is 1. The Bertz CT molecular complexity index is 1010. The second kappa shape index (κ2) is 6.55. The fourth-order valence-corrected chi connectivity index (χ4v) is 3.08. The number of aromatic nitrogens is 2. The second-order valence-corrected chi connectivity index (χ2v) is 6.43. The summed E-state index contributed by atoms with van der Waals surface area (Å²) in [5, 5.41) is 6.84. The third-order valence-corrected chi connectivity index (χ3v) is 4.38. The lowest BCUT2D eigenvalue weighted by molar-refractivity contribution is -0.120. The molecule has 0 saturated carbocycles. The summed E-state index contributed by atoms with van der Waals surface area (Å²) in [7, 11) is 0. The van der Waals surface area contributed by atoms with Crippen LogP contribution in [0.25, 0.3) is 10.9 Å². The van der Waals surface area contributed by atoms with Gasteiger partial charge in [-0.1, -0.05) is 42.0 Å². The highest BCUT2D eigenvalue weighted by molar-refractivity contribution is 6.05. The van der Waals surface area contributed by atoms with Crippen molar-refractivity contribution in [2.75, 3.05) is 5.32 Å². The van der Waals surface area contributed by atoms with Gasteiger partial charge in [-0.3, -0.25) is 15.4 Å². The molecule has 1 aliphatic heterocycles. The minimum atomic E-state index is -0.211. The van der Waals surface area contributed by atoms with Gasteiger partial charge in [-0.05, 0) is 31.5 Å². The summed E-state index contributed by atoms with van der Waals surface area (Å²) in [6.45, 7) is 3.99. The van der Waals surface area contributed by atoms with Gasteiger partial charge in [-0.2, -0.15) is 0 Å². The molecule has 26 heavy (non-hydrogen) atoms. The van der Waals surface area contributed by atoms with Gasteiger partial charge in [0.1, 0.15) is 0 Å². The minimum absolute atomic E-state index is 0.0792. The number of anilines is 1. The average Bonchev–Trinajstić information content (AvgIpc) is 2.63. The van der Waals surface area contributed by atoms with Gasteiger partial charge in [0.2, 0.25) is 17.8 Å². The van der Waals surface area contributed by atoms with E-state index in [4.69, 9.17) is 0 Å². The molecular formula is C20H19N5O. The highest BCUT2D eigenvalue weighted by Crippen LogP contribution is 2.24. The van der Waals surface area contributed by atoms with Crippen molar-refractivity contribution in [3.8, 4) is 0 Å². The van der Waals surface area contributed by atoms with E-state index in [2.05, 4.69) is 31.7 Å². The molecule has 1 atom stereocenters. The highest BCUT2D eigenvalue weighted by Gasteiger charge is 2.23. The summed E-state index contributed by atoms with van der Waals surface area (Å²) in [6.07, 6.45) is 0.325. The normalized spacial score (nSPS) is 16.9. The highest BCUT2D eigenvalue weighted by atomic mass is 16.1. The lowest BCUT2D eigenvalue weighted by atomic mass is 10.0. The van der Waals surface area contributed by atoms with E-state index in [0.29, 0.717) is 18.3 Å². The van der Waals surface area contributed by atoms with Crippen LogP contribution in [-0.4, -0.2) is 21.8 Å². The lowest BCUT2D eigenvalue weighted by Gasteiger charge is -2.21. The fraction of sp³-hybridized carbons (Fsp3) is 0.200. The van der Waals surface area contributed by atoms with Gasteiger partial charge < -0.3 is 0 Å². The maximum Gasteiger partial charge on any atom is 0.230 e. The predicted octanol–water partition coefficient (Wildman–Crippen LogP) is 3.28. The molecule has 1 amide bonds. The van der Waals surface area contributed by atoms with E-state index < -0.39 is 0 Å². The molecule has 2 heterocycles. The van der Waals surface area contributed by atoms with E-state index in [0.717, 1.165) is 22.2 Å². The van der Waals surface area contributed by atoms with Crippen molar-refractivity contribution in [1.29, 1.82) is 0 Å². The van der Waals surface area contributed by atoms with Crippen molar-refractivity contribution < 1.29 is 4.79 Å². The van der Waals surface area contributed by atoms with Crippen molar-refractivity contribution in [1.82, 2.24) is 15.3 Å². The topological polar surface area (TPSA) is 79.3 Å². The number of aliphatic imine (C=N–C) groups is 1. The first-order chi connectivity index (χ1) is 12.6. The molecule has 1 aromatic heterocycles. The molecule has 2 aromatic carbocycles. The van der Waals surface area contributed by atoms with Crippen molar-refractivity contribution in [3.63, 3.8) is 0 Å². The number of fused-ring (bicyclic) bond motifs is 1. The lowest BCUT2D eigenvalue weighted by Crippen LogP contribution is -2.40. The standard InChI is InChI=1S/C20H19N5O/c1-12-8-9-16-15(10-12)13(2)21-19(22-16)25-20-23-17(11-18(26)24-20)14-6-4-3-5-7-14/h3-10,17H,11H2,1-2H3,(H2,21,22,23,24,25,26)/t17-/m0/s1. The number of aryl methyl sites for hydroxylation is 2. The van der Waals surface area contributed by atoms with Crippen LogP contribution in [0, 0.1) is 13.8 Å². The number of nitrogens with zero attached hydrogens (tertiary/aromatic N) is 3. The Morgan fingerprint density at radius 2 is 1.88 bits per heavy atom. The van der Waals surface area contributed by atoms with Crippen LogP contribution >= 0.6 is 0 Å². The minimum Gasteiger partial charge on any atom is -0.296 e. The third kappa shape index (κ3) is 3.26. The summed E-state index contributed by atoms with van der Waals surface area (Å²) in [5.74, 6) is 0.720. The fourth-order valence-electron chi connectivity index (χ4n) is 3.08. The second-order valence-electron chi connectivity index (χ2n) is 6.43. The Labute approximate surface area is 151 Å². The van der Waals surface area contributed by atoms with E-state index in [1.165, 1.54) is 5.56 Å². The number of nitrogens with one attached hydrogen (secondary N) is 2. The third-order valence-electron chi connectivity index (χ3n) is 4.38. The van der Waals surface area contributed by atoms with E-state index in [1.54, 1.807) is 0 Å². The van der Waals surface area contributed by atoms with Gasteiger partial charge in [-0.15, -0.1) is 0 Å². The molecule has 0 spiro atoms. The maximum atomic E-state index is 12.1. The molecule has 0 saturated heterocycles. The van der Waals surface area contributed by atoms with Gasteiger partial charge >= 0.3 is 0 Å². The molecule has 0 fully saturated rings. The van der Waals surface area contributed by atoms with E-state index in [1.807, 2.05) is 56.3 Å². The zero-order valence-electron chi connectivity index (χ0n) is 14.7. The Hall–Kier alpha value is -3.28. The van der Waals surface area contributed by atoms with Gasteiger partial charge in [-0.25, -0.2) is 15.0 Å². The Morgan fingerprint density at radius 1 is 1.08 bits per heavy atom. The number of amides is 1. The summed E-state index contributed by atoms with van der Waals surface area (Å²) in [6, 6.07) is 15.6. The van der Waals surface area contributed by atoms with Crippen molar-refractivity contribution in [3.05, 3.63) is 65.4 Å². The number of hydrogen-bond acceptors (Lipinski definition) is 5. The van der Waals surface area contributed by atoms with Gasteiger partial charge in [0.15, 0.2) is 0 Å². The summed E-state index contributed by atoms with van der Waals surface area (Å²) < 4.78 is 0. The van der Waals surface area contributed by atoms with Gasteiger partial charge in [0.05, 0.1) is 23.7 Å². The predicted molar refractivity (Wildman–Crippen MR) is 102 cm³/mol. The Balaban J connectivity index is 1.65.